The zero-order chi connectivity index (χ0) is 5.54. The molecule has 2 heteroatoms. The van der Waals surface area contributed by atoms with Crippen LogP contribution in [0.1, 0.15) is 13.3 Å². The van der Waals surface area contributed by atoms with Gasteiger partial charge in [0.05, 0.1) is 0 Å². The van der Waals surface area contributed by atoms with Crippen LogP contribution in [0.15, 0.2) is 12.7 Å². The molecule has 0 rings (SSSR count). The standard InChI is InChI=1S/C4H7.C2H5.Al.H2O/c1-3-4-2;1-2;;/h3H,1-2,4H2;1H2,2H3;;1H2/q;;+1;/p-1. The quantitative estimate of drug-likeness (QED) is 0.323. The third-order valence-electron chi connectivity index (χ3n) is 0.864. The fourth-order valence-corrected chi connectivity index (χ4v) is 1.32. The first-order chi connectivity index (χ1) is 3.41. The molecule has 0 radical (unpaired) electrons. The van der Waals surface area contributed by atoms with Crippen molar-refractivity contribution in [3.63, 3.8) is 0 Å². The molecule has 0 amide bonds. The maximum Gasteiger partial charge on any atom is -0.870 e. The number of hydrogen-bond donors (Lipinski definition) is 0. The Balaban J connectivity index is 0. The molecule has 0 heterocycles. The van der Waals surface area contributed by atoms with Crippen molar-refractivity contribution in [2.24, 2.45) is 0 Å². The normalized spacial score (nSPS) is 6.62. The van der Waals surface area contributed by atoms with Gasteiger partial charge in [0.1, 0.15) is 0 Å². The van der Waals surface area contributed by atoms with Gasteiger partial charge in [-0.1, -0.05) is 0 Å². The van der Waals surface area contributed by atoms with Gasteiger partial charge in [0.25, 0.3) is 0 Å². The van der Waals surface area contributed by atoms with Gasteiger partial charge in [0.2, 0.25) is 0 Å². The second kappa shape index (κ2) is 10.3. The molecule has 0 aromatic carbocycles. The molecule has 0 aliphatic heterocycles. The SMILES string of the molecule is C=CC[CH2][Al+][CH2]C.[OH-]. The molecule has 0 saturated heterocycles. The van der Waals surface area contributed by atoms with Gasteiger partial charge in [-0.25, -0.2) is 0 Å². The Bertz CT molecular complexity index is 45.8. The van der Waals surface area contributed by atoms with E-state index in [1.807, 2.05) is 6.08 Å². The van der Waals surface area contributed by atoms with E-state index in [1.165, 1.54) is 17.0 Å². The van der Waals surface area contributed by atoms with E-state index in [0.29, 0.717) is 0 Å². The summed E-state index contributed by atoms with van der Waals surface area (Å²) in [6.45, 7) is 5.89. The van der Waals surface area contributed by atoms with Crippen LogP contribution in [-0.4, -0.2) is 20.7 Å². The summed E-state index contributed by atoms with van der Waals surface area (Å²) in [7, 11) is 0. The fourth-order valence-electron chi connectivity index (χ4n) is 0.440. The minimum absolute atomic E-state index is 0. The van der Waals surface area contributed by atoms with Crippen LogP contribution in [0.25, 0.3) is 0 Å². The van der Waals surface area contributed by atoms with Crippen molar-refractivity contribution < 1.29 is 5.48 Å². The summed E-state index contributed by atoms with van der Waals surface area (Å²) >= 11 is 0.745. The minimum atomic E-state index is 0. The first kappa shape index (κ1) is 11.1. The van der Waals surface area contributed by atoms with E-state index in [9.17, 15) is 0 Å². The van der Waals surface area contributed by atoms with Crippen molar-refractivity contribution in [3.05, 3.63) is 12.7 Å². The molecule has 0 spiro atoms. The second-order valence-electron chi connectivity index (χ2n) is 1.56. The van der Waals surface area contributed by atoms with Crippen LogP contribution in [0, 0.1) is 0 Å². The van der Waals surface area contributed by atoms with Crippen LogP contribution in [0.5, 0.6) is 0 Å². The Kier molecular flexibility index (Phi) is 14.2. The third-order valence-corrected chi connectivity index (χ3v) is 2.18. The van der Waals surface area contributed by atoms with Gasteiger partial charge in [0.15, 0.2) is 0 Å². The first-order valence-electron chi connectivity index (χ1n) is 2.84. The molecular weight excluding hydrogens is 115 g/mol. The fraction of sp³-hybridized carbons (Fsp3) is 0.667. The summed E-state index contributed by atoms with van der Waals surface area (Å²) in [5.41, 5.74) is 0. The van der Waals surface area contributed by atoms with Crippen LogP contribution in [0.2, 0.25) is 10.6 Å². The zero-order valence-corrected chi connectivity index (χ0v) is 6.59. The molecule has 0 unspecified atom stereocenters. The molecule has 0 aliphatic carbocycles. The van der Waals surface area contributed by atoms with Crippen LogP contribution in [0.3, 0.4) is 0 Å². The van der Waals surface area contributed by atoms with Crippen molar-refractivity contribution in [2.45, 2.75) is 23.9 Å². The Hall–Kier alpha value is 0.232. The van der Waals surface area contributed by atoms with Crippen molar-refractivity contribution in [3.8, 4) is 0 Å². The summed E-state index contributed by atoms with van der Waals surface area (Å²) in [4.78, 5) is 0. The van der Waals surface area contributed by atoms with E-state index in [2.05, 4.69) is 13.5 Å². The molecule has 0 aliphatic rings. The van der Waals surface area contributed by atoms with Gasteiger partial charge in [0, 0.05) is 0 Å². The molecule has 0 atom stereocenters. The monoisotopic (exact) mass is 128 g/mol. The van der Waals surface area contributed by atoms with Crippen LogP contribution >= 0.6 is 0 Å². The van der Waals surface area contributed by atoms with Crippen LogP contribution in [-0.2, 0) is 0 Å². The van der Waals surface area contributed by atoms with E-state index < -0.39 is 0 Å². The maximum absolute atomic E-state index is 3.65. The van der Waals surface area contributed by atoms with Gasteiger partial charge in [-0.2, -0.15) is 0 Å². The van der Waals surface area contributed by atoms with Crippen molar-refractivity contribution in [1.82, 2.24) is 0 Å². The summed E-state index contributed by atoms with van der Waals surface area (Å²) < 4.78 is 0. The molecule has 1 nitrogen and oxygen atoms in total. The number of rotatable bonds is 4. The Morgan fingerprint density at radius 3 is 2.62 bits per heavy atom. The molecule has 46 valence electrons. The molecule has 1 N–H and O–H groups in total. The van der Waals surface area contributed by atoms with Gasteiger partial charge in [-0.3, -0.25) is 0 Å². The van der Waals surface area contributed by atoms with E-state index in [-0.39, 0.29) is 5.48 Å². The van der Waals surface area contributed by atoms with Gasteiger partial charge >= 0.3 is 51.8 Å². The topological polar surface area (TPSA) is 30.0 Å². The second-order valence-corrected chi connectivity index (χ2v) is 3.53. The number of allylic oxidation sites excluding steroid dienone is 1. The molecule has 0 bridgehead atoms. The average Bonchev–Trinajstić information content (AvgIpc) is 1.69. The Morgan fingerprint density at radius 1 is 1.62 bits per heavy atom. The molecule has 8 heavy (non-hydrogen) atoms. The molecule has 0 saturated carbocycles. The van der Waals surface area contributed by atoms with E-state index in [0.717, 1.165) is 15.2 Å². The number of hydrogen-bond acceptors (Lipinski definition) is 1. The summed E-state index contributed by atoms with van der Waals surface area (Å²) in [6.07, 6.45) is 3.23. The van der Waals surface area contributed by atoms with Crippen molar-refractivity contribution in [2.75, 3.05) is 0 Å². The molecule has 0 fully saturated rings. The van der Waals surface area contributed by atoms with Gasteiger partial charge in [-0.15, -0.1) is 0 Å². The largest absolute Gasteiger partial charge is 0.870 e. The Labute approximate surface area is 57.8 Å². The molecular formula is C6H13AlO. The summed E-state index contributed by atoms with van der Waals surface area (Å²) in [6, 6.07) is 0. The van der Waals surface area contributed by atoms with E-state index in [4.69, 9.17) is 0 Å². The van der Waals surface area contributed by atoms with Crippen molar-refractivity contribution in [1.29, 1.82) is 0 Å². The predicted molar refractivity (Wildman–Crippen MR) is 37.8 cm³/mol. The average molecular weight is 128 g/mol. The maximum atomic E-state index is 3.65. The molecule has 0 aromatic heterocycles. The first-order valence-corrected chi connectivity index (χ1v) is 4.47. The van der Waals surface area contributed by atoms with Crippen molar-refractivity contribution >= 4 is 15.2 Å². The molecule has 0 aromatic rings. The van der Waals surface area contributed by atoms with Crippen LogP contribution in [0.4, 0.5) is 0 Å². The van der Waals surface area contributed by atoms with Gasteiger partial charge in [-0.05, 0) is 0 Å². The zero-order valence-electron chi connectivity index (χ0n) is 5.43. The summed E-state index contributed by atoms with van der Waals surface area (Å²) in [5, 5.41) is 2.80. The van der Waals surface area contributed by atoms with E-state index >= 15 is 0 Å². The third kappa shape index (κ3) is 9.53. The van der Waals surface area contributed by atoms with Crippen LogP contribution < -0.4 is 0 Å². The minimum Gasteiger partial charge on any atom is -0.870 e. The summed E-state index contributed by atoms with van der Waals surface area (Å²) in [5.74, 6) is 0. The van der Waals surface area contributed by atoms with Gasteiger partial charge < -0.3 is 5.48 Å². The van der Waals surface area contributed by atoms with E-state index in [1.54, 1.807) is 0 Å². The Morgan fingerprint density at radius 2 is 2.25 bits per heavy atom. The smallest absolute Gasteiger partial charge is 0.870 e. The predicted octanol–water partition coefficient (Wildman–Crippen LogP) is 1.95.